The first-order valence-corrected chi connectivity index (χ1v) is 7.54. The zero-order valence-electron chi connectivity index (χ0n) is 14.4. The monoisotopic (exact) mass is 340 g/mol. The van der Waals surface area contributed by atoms with Gasteiger partial charge in [-0.3, -0.25) is 4.79 Å². The summed E-state index contributed by atoms with van der Waals surface area (Å²) in [5.41, 5.74) is 3.84. The SMILES string of the molecule is COc1cc(C(=O)NN=CC=Cc2ccccc2)cc(OC)c1OC. The van der Waals surface area contributed by atoms with Crippen LogP contribution in [-0.2, 0) is 0 Å². The molecule has 130 valence electrons. The highest BCUT2D eigenvalue weighted by atomic mass is 16.5. The van der Waals surface area contributed by atoms with Crippen LogP contribution in [0.25, 0.3) is 6.08 Å². The van der Waals surface area contributed by atoms with E-state index in [1.54, 1.807) is 18.2 Å². The standard InChI is InChI=1S/C19H20N2O4/c1-23-16-12-15(13-17(24-2)18(16)25-3)19(22)21-20-11-7-10-14-8-5-4-6-9-14/h4-13H,1-3H3,(H,21,22). The molecule has 6 heteroatoms. The molecule has 0 aliphatic carbocycles. The van der Waals surface area contributed by atoms with E-state index in [0.717, 1.165) is 5.56 Å². The van der Waals surface area contributed by atoms with E-state index in [2.05, 4.69) is 10.5 Å². The van der Waals surface area contributed by atoms with E-state index in [0.29, 0.717) is 22.8 Å². The molecular formula is C19H20N2O4. The highest BCUT2D eigenvalue weighted by Crippen LogP contribution is 2.38. The molecule has 0 saturated carbocycles. The molecular weight excluding hydrogens is 320 g/mol. The molecule has 0 unspecified atom stereocenters. The Hall–Kier alpha value is -3.28. The molecule has 1 amide bonds. The molecule has 1 N–H and O–H groups in total. The summed E-state index contributed by atoms with van der Waals surface area (Å²) in [6.07, 6.45) is 5.13. The highest BCUT2D eigenvalue weighted by Gasteiger charge is 2.16. The topological polar surface area (TPSA) is 69.2 Å². The van der Waals surface area contributed by atoms with Crippen molar-refractivity contribution in [2.24, 2.45) is 5.10 Å². The molecule has 0 bridgehead atoms. The van der Waals surface area contributed by atoms with Crippen molar-refractivity contribution < 1.29 is 19.0 Å². The van der Waals surface area contributed by atoms with Crippen LogP contribution in [0.4, 0.5) is 0 Å². The molecule has 0 saturated heterocycles. The Balaban J connectivity index is 2.05. The minimum atomic E-state index is -0.386. The number of carbonyl (C=O) groups is 1. The van der Waals surface area contributed by atoms with E-state index in [1.165, 1.54) is 27.5 Å². The summed E-state index contributed by atoms with van der Waals surface area (Å²) in [7, 11) is 4.49. The summed E-state index contributed by atoms with van der Waals surface area (Å²) in [4.78, 5) is 12.2. The number of nitrogens with one attached hydrogen (secondary N) is 1. The normalized spacial score (nSPS) is 10.8. The largest absolute Gasteiger partial charge is 0.493 e. The lowest BCUT2D eigenvalue weighted by atomic mass is 10.1. The molecule has 0 aliphatic heterocycles. The summed E-state index contributed by atoms with van der Waals surface area (Å²) in [6, 6.07) is 12.9. The van der Waals surface area contributed by atoms with Crippen LogP contribution in [0.15, 0.2) is 53.6 Å². The van der Waals surface area contributed by atoms with Gasteiger partial charge in [-0.1, -0.05) is 36.4 Å². The maximum Gasteiger partial charge on any atom is 0.271 e. The Labute approximate surface area is 146 Å². The molecule has 6 nitrogen and oxygen atoms in total. The van der Waals surface area contributed by atoms with Crippen molar-refractivity contribution in [3.05, 3.63) is 59.7 Å². The molecule has 0 heterocycles. The maximum absolute atomic E-state index is 12.2. The number of carbonyl (C=O) groups excluding carboxylic acids is 1. The van der Waals surface area contributed by atoms with Crippen LogP contribution in [0.3, 0.4) is 0 Å². The number of amides is 1. The van der Waals surface area contributed by atoms with Crippen LogP contribution in [-0.4, -0.2) is 33.5 Å². The highest BCUT2D eigenvalue weighted by molar-refractivity contribution is 5.96. The van der Waals surface area contributed by atoms with E-state index in [4.69, 9.17) is 14.2 Å². The number of hydrazone groups is 1. The van der Waals surface area contributed by atoms with Crippen LogP contribution in [0.1, 0.15) is 15.9 Å². The summed E-state index contributed by atoms with van der Waals surface area (Å²) in [5, 5.41) is 3.89. The van der Waals surface area contributed by atoms with Gasteiger partial charge in [-0.25, -0.2) is 5.43 Å². The van der Waals surface area contributed by atoms with E-state index < -0.39 is 0 Å². The fraction of sp³-hybridized carbons (Fsp3) is 0.158. The van der Waals surface area contributed by atoms with Gasteiger partial charge < -0.3 is 14.2 Å². The number of rotatable bonds is 7. The third kappa shape index (κ3) is 4.84. The van der Waals surface area contributed by atoms with Crippen LogP contribution >= 0.6 is 0 Å². The molecule has 25 heavy (non-hydrogen) atoms. The molecule has 2 aromatic carbocycles. The van der Waals surface area contributed by atoms with Gasteiger partial charge in [-0.05, 0) is 23.8 Å². The number of allylic oxidation sites excluding steroid dienone is 1. The average molecular weight is 340 g/mol. The Morgan fingerprint density at radius 1 is 1.00 bits per heavy atom. The van der Waals surface area contributed by atoms with Gasteiger partial charge >= 0.3 is 0 Å². The Bertz CT molecular complexity index is 745. The number of hydrogen-bond donors (Lipinski definition) is 1. The van der Waals surface area contributed by atoms with Gasteiger partial charge in [0.1, 0.15) is 0 Å². The predicted octanol–water partition coefficient (Wildman–Crippen LogP) is 3.14. The zero-order chi connectivity index (χ0) is 18.1. The third-order valence-electron chi connectivity index (χ3n) is 3.34. The molecule has 0 atom stereocenters. The van der Waals surface area contributed by atoms with Gasteiger partial charge in [0, 0.05) is 11.8 Å². The van der Waals surface area contributed by atoms with E-state index in [-0.39, 0.29) is 5.91 Å². The lowest BCUT2D eigenvalue weighted by Crippen LogP contribution is -2.17. The first-order valence-electron chi connectivity index (χ1n) is 7.54. The molecule has 2 rings (SSSR count). The maximum atomic E-state index is 12.2. The van der Waals surface area contributed by atoms with Gasteiger partial charge in [-0.2, -0.15) is 5.10 Å². The lowest BCUT2D eigenvalue weighted by molar-refractivity contribution is 0.0954. The Morgan fingerprint density at radius 3 is 2.20 bits per heavy atom. The van der Waals surface area contributed by atoms with E-state index in [9.17, 15) is 4.79 Å². The quantitative estimate of drug-likeness (QED) is 0.621. The minimum absolute atomic E-state index is 0.346. The Kier molecular flexibility index (Phi) is 6.59. The molecule has 0 fully saturated rings. The number of methoxy groups -OCH3 is 3. The van der Waals surface area contributed by atoms with E-state index in [1.807, 2.05) is 36.4 Å². The lowest BCUT2D eigenvalue weighted by Gasteiger charge is -2.13. The second-order valence-corrected chi connectivity index (χ2v) is 4.90. The first kappa shape index (κ1) is 18.1. The third-order valence-corrected chi connectivity index (χ3v) is 3.34. The second-order valence-electron chi connectivity index (χ2n) is 4.90. The minimum Gasteiger partial charge on any atom is -0.493 e. The number of ether oxygens (including phenoxy) is 3. The van der Waals surface area contributed by atoms with Crippen LogP contribution < -0.4 is 19.6 Å². The van der Waals surface area contributed by atoms with Crippen molar-refractivity contribution in [1.29, 1.82) is 0 Å². The first-order chi connectivity index (χ1) is 12.2. The van der Waals surface area contributed by atoms with Crippen molar-refractivity contribution in [3.63, 3.8) is 0 Å². The van der Waals surface area contributed by atoms with Gasteiger partial charge in [0.05, 0.1) is 21.3 Å². The second kappa shape index (κ2) is 9.12. The molecule has 0 spiro atoms. The van der Waals surface area contributed by atoms with Crippen molar-refractivity contribution in [1.82, 2.24) is 5.43 Å². The van der Waals surface area contributed by atoms with Crippen molar-refractivity contribution in [3.8, 4) is 17.2 Å². The van der Waals surface area contributed by atoms with Crippen LogP contribution in [0.2, 0.25) is 0 Å². The average Bonchev–Trinajstić information content (AvgIpc) is 2.67. The van der Waals surface area contributed by atoms with Crippen molar-refractivity contribution in [2.45, 2.75) is 0 Å². The molecule has 2 aromatic rings. The fourth-order valence-electron chi connectivity index (χ4n) is 2.13. The van der Waals surface area contributed by atoms with Gasteiger partial charge in [0.25, 0.3) is 5.91 Å². The summed E-state index contributed by atoms with van der Waals surface area (Å²) in [6.45, 7) is 0. The molecule has 0 radical (unpaired) electrons. The van der Waals surface area contributed by atoms with Crippen LogP contribution in [0, 0.1) is 0 Å². The number of hydrogen-bond acceptors (Lipinski definition) is 5. The number of benzene rings is 2. The Morgan fingerprint density at radius 2 is 1.64 bits per heavy atom. The fourth-order valence-corrected chi connectivity index (χ4v) is 2.13. The summed E-state index contributed by atoms with van der Waals surface area (Å²) < 4.78 is 15.7. The van der Waals surface area contributed by atoms with Crippen molar-refractivity contribution >= 4 is 18.2 Å². The molecule has 0 aromatic heterocycles. The summed E-state index contributed by atoms with van der Waals surface area (Å²) in [5.74, 6) is 0.847. The van der Waals surface area contributed by atoms with Gasteiger partial charge in [-0.15, -0.1) is 0 Å². The van der Waals surface area contributed by atoms with E-state index >= 15 is 0 Å². The molecule has 0 aliphatic rings. The van der Waals surface area contributed by atoms with Crippen molar-refractivity contribution in [2.75, 3.05) is 21.3 Å². The smallest absolute Gasteiger partial charge is 0.271 e. The van der Waals surface area contributed by atoms with Gasteiger partial charge in [0.15, 0.2) is 11.5 Å². The number of nitrogens with zero attached hydrogens (tertiary/aromatic N) is 1. The zero-order valence-corrected chi connectivity index (χ0v) is 14.4. The van der Waals surface area contributed by atoms with Crippen LogP contribution in [0.5, 0.6) is 17.2 Å². The predicted molar refractivity (Wildman–Crippen MR) is 97.5 cm³/mol. The summed E-state index contributed by atoms with van der Waals surface area (Å²) >= 11 is 0. The van der Waals surface area contributed by atoms with Gasteiger partial charge in [0.2, 0.25) is 5.75 Å².